The zero-order valence-electron chi connectivity index (χ0n) is 15.7. The molecule has 152 valence electrons. The normalized spacial score (nSPS) is 16.3. The van der Waals surface area contributed by atoms with Crippen molar-refractivity contribution in [1.29, 1.82) is 0 Å². The van der Waals surface area contributed by atoms with Crippen LogP contribution in [0.2, 0.25) is 0 Å². The van der Waals surface area contributed by atoms with E-state index in [1.807, 2.05) is 12.1 Å². The zero-order chi connectivity index (χ0) is 18.4. The molecule has 0 aliphatic carbocycles. The summed E-state index contributed by atoms with van der Waals surface area (Å²) in [6.07, 6.45) is 5.64. The van der Waals surface area contributed by atoms with Crippen molar-refractivity contribution >= 4 is 42.6 Å². The summed E-state index contributed by atoms with van der Waals surface area (Å²) in [6.45, 7) is 5.15. The number of hydrogen-bond acceptors (Lipinski definition) is 5. The van der Waals surface area contributed by atoms with Gasteiger partial charge in [-0.2, -0.15) is 0 Å². The summed E-state index contributed by atoms with van der Waals surface area (Å²) in [7, 11) is 0. The lowest BCUT2D eigenvalue weighted by Crippen LogP contribution is -2.26. The Balaban J connectivity index is 0.00000196. The van der Waals surface area contributed by atoms with E-state index in [2.05, 4.69) is 46.4 Å². The Bertz CT molecular complexity index is 767. The first-order valence-corrected chi connectivity index (χ1v) is 8.75. The van der Waals surface area contributed by atoms with E-state index in [9.17, 15) is 4.79 Å². The number of amides is 1. The molecule has 0 bridgehead atoms. The summed E-state index contributed by atoms with van der Waals surface area (Å²) in [6, 6.07) is 12.9. The summed E-state index contributed by atoms with van der Waals surface area (Å²) < 4.78 is 0. The first kappa shape index (κ1) is 23.9. The van der Waals surface area contributed by atoms with Crippen LogP contribution in [0.5, 0.6) is 0 Å². The third-order valence-electron chi connectivity index (χ3n) is 4.47. The fourth-order valence-electron chi connectivity index (χ4n) is 3.05. The van der Waals surface area contributed by atoms with E-state index in [0.29, 0.717) is 6.04 Å². The van der Waals surface area contributed by atoms with E-state index < -0.39 is 5.91 Å². The van der Waals surface area contributed by atoms with Gasteiger partial charge < -0.3 is 5.32 Å². The van der Waals surface area contributed by atoms with Crippen LogP contribution in [0.1, 0.15) is 23.1 Å². The Kier molecular flexibility index (Phi) is 9.96. The number of anilines is 1. The first-order valence-electron chi connectivity index (χ1n) is 8.75. The number of hydroxylamine groups is 1. The van der Waals surface area contributed by atoms with Crippen LogP contribution in [0.15, 0.2) is 48.7 Å². The van der Waals surface area contributed by atoms with Gasteiger partial charge in [0.25, 0.3) is 5.91 Å². The van der Waals surface area contributed by atoms with E-state index in [4.69, 9.17) is 5.21 Å². The average Bonchev–Trinajstić information content (AvgIpc) is 3.09. The van der Waals surface area contributed by atoms with Crippen molar-refractivity contribution in [3.8, 4) is 0 Å². The van der Waals surface area contributed by atoms with Gasteiger partial charge in [-0.25, -0.2) is 10.5 Å². The van der Waals surface area contributed by atoms with Crippen LogP contribution in [0.25, 0.3) is 6.08 Å². The molecule has 8 heteroatoms. The Hall–Kier alpha value is -2.12. The van der Waals surface area contributed by atoms with Gasteiger partial charge in [-0.1, -0.05) is 29.8 Å². The van der Waals surface area contributed by atoms with Gasteiger partial charge in [0, 0.05) is 37.9 Å². The van der Waals surface area contributed by atoms with Gasteiger partial charge in [0.2, 0.25) is 0 Å². The minimum Gasteiger partial charge on any atom is -0.366 e. The highest BCUT2D eigenvalue weighted by molar-refractivity contribution is 5.90. The van der Waals surface area contributed by atoms with E-state index in [0.717, 1.165) is 37.4 Å². The van der Waals surface area contributed by atoms with E-state index in [1.165, 1.54) is 17.2 Å². The maximum atomic E-state index is 11.0. The standard InChI is InChI=1S/C20H24N4O2.2ClH/c1-15-2-4-17(5-3-15)13-24-11-10-18(14-24)22-19-8-6-16(12-21-19)7-9-20(25)23-26;;/h2-9,12,18,26H,10-11,13-14H2,1H3,(H,21,22)(H,23,25);2*1H/b9-7+;;/t18-;;/m1../s1. The van der Waals surface area contributed by atoms with Gasteiger partial charge >= 0.3 is 0 Å². The number of benzene rings is 1. The van der Waals surface area contributed by atoms with Gasteiger partial charge in [-0.15, -0.1) is 24.8 Å². The molecule has 2 aromatic rings. The Morgan fingerprint density at radius 3 is 2.64 bits per heavy atom. The molecule has 1 amide bonds. The van der Waals surface area contributed by atoms with Crippen LogP contribution >= 0.6 is 24.8 Å². The molecule has 1 saturated heterocycles. The number of aryl methyl sites for hydroxylation is 1. The number of carbonyl (C=O) groups excluding carboxylic acids is 1. The molecular formula is C20H26Cl2N4O2. The van der Waals surface area contributed by atoms with Crippen LogP contribution in [-0.2, 0) is 11.3 Å². The molecule has 3 N–H and O–H groups in total. The van der Waals surface area contributed by atoms with Crippen molar-refractivity contribution in [2.75, 3.05) is 18.4 Å². The fourth-order valence-corrected chi connectivity index (χ4v) is 3.05. The summed E-state index contributed by atoms with van der Waals surface area (Å²) >= 11 is 0. The number of aromatic nitrogens is 1. The van der Waals surface area contributed by atoms with Crippen LogP contribution in [0.4, 0.5) is 5.82 Å². The second-order valence-electron chi connectivity index (χ2n) is 6.64. The number of nitrogens with zero attached hydrogens (tertiary/aromatic N) is 2. The van der Waals surface area contributed by atoms with E-state index in [-0.39, 0.29) is 24.8 Å². The molecule has 1 aliphatic heterocycles. The SMILES string of the molecule is Cc1ccc(CN2CC[C@@H](Nc3ccc(/C=C/C(=O)NO)cn3)C2)cc1.Cl.Cl. The minimum atomic E-state index is -0.563. The predicted molar refractivity (Wildman–Crippen MR) is 116 cm³/mol. The molecule has 1 aliphatic rings. The number of rotatable bonds is 6. The third kappa shape index (κ3) is 7.13. The van der Waals surface area contributed by atoms with E-state index >= 15 is 0 Å². The van der Waals surface area contributed by atoms with Crippen molar-refractivity contribution in [2.45, 2.75) is 25.9 Å². The first-order chi connectivity index (χ1) is 12.6. The van der Waals surface area contributed by atoms with Gasteiger partial charge in [0.15, 0.2) is 0 Å². The molecule has 0 unspecified atom stereocenters. The summed E-state index contributed by atoms with van der Waals surface area (Å²) in [5, 5.41) is 11.9. The van der Waals surface area contributed by atoms with Crippen LogP contribution in [-0.4, -0.2) is 40.1 Å². The molecule has 28 heavy (non-hydrogen) atoms. The Morgan fingerprint density at radius 1 is 1.25 bits per heavy atom. The lowest BCUT2D eigenvalue weighted by atomic mass is 10.1. The molecule has 0 radical (unpaired) electrons. The number of carbonyl (C=O) groups is 1. The maximum Gasteiger partial charge on any atom is 0.267 e. The second kappa shape index (κ2) is 11.7. The Labute approximate surface area is 177 Å². The van der Waals surface area contributed by atoms with Gasteiger partial charge in [0.05, 0.1) is 0 Å². The number of halogens is 2. The van der Waals surface area contributed by atoms with Crippen molar-refractivity contribution in [3.63, 3.8) is 0 Å². The molecule has 1 atom stereocenters. The lowest BCUT2D eigenvalue weighted by Gasteiger charge is -2.17. The predicted octanol–water partition coefficient (Wildman–Crippen LogP) is 3.44. The molecule has 6 nitrogen and oxygen atoms in total. The van der Waals surface area contributed by atoms with Gasteiger partial charge in [0.1, 0.15) is 5.82 Å². The smallest absolute Gasteiger partial charge is 0.267 e. The molecule has 1 fully saturated rings. The van der Waals surface area contributed by atoms with Gasteiger partial charge in [-0.05, 0) is 42.7 Å². The lowest BCUT2D eigenvalue weighted by molar-refractivity contribution is -0.124. The van der Waals surface area contributed by atoms with Gasteiger partial charge in [-0.3, -0.25) is 14.9 Å². The van der Waals surface area contributed by atoms with E-state index in [1.54, 1.807) is 17.8 Å². The zero-order valence-corrected chi connectivity index (χ0v) is 17.3. The van der Waals surface area contributed by atoms with Crippen molar-refractivity contribution in [2.24, 2.45) is 0 Å². The molecule has 2 heterocycles. The quantitative estimate of drug-likeness (QED) is 0.376. The molecule has 1 aromatic heterocycles. The molecule has 0 spiro atoms. The summed E-state index contributed by atoms with van der Waals surface area (Å²) in [4.78, 5) is 17.8. The topological polar surface area (TPSA) is 77.5 Å². The molecule has 1 aromatic carbocycles. The largest absolute Gasteiger partial charge is 0.366 e. The Morgan fingerprint density at radius 2 is 2.00 bits per heavy atom. The molecule has 3 rings (SSSR count). The van der Waals surface area contributed by atoms with Crippen LogP contribution < -0.4 is 10.8 Å². The van der Waals surface area contributed by atoms with Crippen molar-refractivity contribution in [1.82, 2.24) is 15.4 Å². The summed E-state index contributed by atoms with van der Waals surface area (Å²) in [5.41, 5.74) is 4.99. The van der Waals surface area contributed by atoms with Crippen LogP contribution in [0, 0.1) is 6.92 Å². The maximum absolute atomic E-state index is 11.0. The third-order valence-corrected chi connectivity index (χ3v) is 4.47. The molecule has 0 saturated carbocycles. The number of pyridine rings is 1. The highest BCUT2D eigenvalue weighted by Crippen LogP contribution is 2.17. The van der Waals surface area contributed by atoms with Crippen LogP contribution in [0.3, 0.4) is 0 Å². The number of nitrogens with one attached hydrogen (secondary N) is 2. The second-order valence-corrected chi connectivity index (χ2v) is 6.64. The summed E-state index contributed by atoms with van der Waals surface area (Å²) in [5.74, 6) is 0.266. The fraction of sp³-hybridized carbons (Fsp3) is 0.300. The molecular weight excluding hydrogens is 399 g/mol. The minimum absolute atomic E-state index is 0. The monoisotopic (exact) mass is 424 g/mol. The highest BCUT2D eigenvalue weighted by Gasteiger charge is 2.22. The van der Waals surface area contributed by atoms with Crippen molar-refractivity contribution in [3.05, 3.63) is 65.4 Å². The van der Waals surface area contributed by atoms with Crippen molar-refractivity contribution < 1.29 is 10.0 Å². The number of hydrogen-bond donors (Lipinski definition) is 3. The average molecular weight is 425 g/mol. The number of likely N-dealkylation sites (tertiary alicyclic amines) is 1. The highest BCUT2D eigenvalue weighted by atomic mass is 35.5.